The van der Waals surface area contributed by atoms with Crippen molar-refractivity contribution < 1.29 is 37.1 Å². The van der Waals surface area contributed by atoms with Crippen LogP contribution < -0.4 is 20.1 Å². The van der Waals surface area contributed by atoms with Crippen LogP contribution in [0.4, 0.5) is 4.79 Å². The molecule has 0 spiro atoms. The van der Waals surface area contributed by atoms with Gasteiger partial charge in [-0.3, -0.25) is 23.7 Å². The van der Waals surface area contributed by atoms with Gasteiger partial charge in [0.1, 0.15) is 29.3 Å². The molecule has 15 heteroatoms. The average Bonchev–Trinajstić information content (AvgIpc) is 3.97. The lowest BCUT2D eigenvalue weighted by atomic mass is 10.0. The van der Waals surface area contributed by atoms with Crippen molar-refractivity contribution in [2.75, 3.05) is 6.54 Å². The Morgan fingerprint density at radius 2 is 1.75 bits per heavy atom. The van der Waals surface area contributed by atoms with Crippen LogP contribution in [-0.4, -0.2) is 87.3 Å². The highest BCUT2D eigenvalue weighted by Gasteiger charge is 2.63. The fourth-order valence-corrected chi connectivity index (χ4v) is 8.92. The molecule has 2 aliphatic heterocycles. The topological polar surface area (TPSA) is 178 Å². The molecule has 1 aromatic heterocycles. The number of aromatic nitrogens is 2. The molecule has 0 bridgehead atoms. The van der Waals surface area contributed by atoms with Gasteiger partial charge in [0, 0.05) is 12.3 Å². The van der Waals surface area contributed by atoms with Crippen molar-refractivity contribution in [3.8, 4) is 6.01 Å². The fourth-order valence-electron chi connectivity index (χ4n) is 7.61. The minimum absolute atomic E-state index is 0.00672. The number of nitrogens with one attached hydrogen (secondary N) is 3. The molecule has 4 aliphatic rings. The van der Waals surface area contributed by atoms with Crippen LogP contribution >= 0.6 is 0 Å². The summed E-state index contributed by atoms with van der Waals surface area (Å²) in [6.07, 6.45) is 6.72. The van der Waals surface area contributed by atoms with Crippen LogP contribution in [0.1, 0.15) is 91.0 Å². The van der Waals surface area contributed by atoms with E-state index in [1.807, 2.05) is 71.3 Å². The van der Waals surface area contributed by atoms with Gasteiger partial charge in [0.05, 0.1) is 28.9 Å². The standard InChI is InChI=1S/C41H52N6O8S/c1-39(2,3)55-38(51)43-31-19-12-7-5-6-11-17-28-24-41(28,36(50)45-56(52,53)40(4)21-22-40)44-34(48)33-23-29(26-46(33)35(31)49)54-37-42-30-18-13-14-20-32(30)47(37)25-27-15-9-8-10-16-27/h8-11,13-18,20,28-29,31,33H,5-7,12,19,21-26H2,1-4H3,(H,43,51)(H,44,48)(H,45,50)/t28-,29-,31+,33+,41-/m1/s1. The molecular formula is C41H52N6O8S. The van der Waals surface area contributed by atoms with E-state index in [1.54, 1.807) is 27.7 Å². The monoisotopic (exact) mass is 788 g/mol. The number of imidazole rings is 1. The zero-order chi connectivity index (χ0) is 39.9. The molecule has 4 amide bonds. The van der Waals surface area contributed by atoms with Gasteiger partial charge < -0.3 is 25.0 Å². The number of ether oxygens (including phenoxy) is 2. The first-order chi connectivity index (χ1) is 26.6. The molecule has 56 heavy (non-hydrogen) atoms. The SMILES string of the molecule is CC(C)(C)OC(=O)N[C@H]1CCCCCC=C[C@@H]2C[C@@]2(C(=O)NS(=O)(=O)C2(C)CC2)NC(=O)[C@@H]2C[C@@H](Oc3nc4ccccc4n3Cc3ccccc3)CN2C1=O. The number of nitrogens with zero attached hydrogens (tertiary/aromatic N) is 3. The number of alkyl carbamates (subject to hydrolysis) is 1. The second-order valence-corrected chi connectivity index (χ2v) is 19.1. The molecule has 0 unspecified atom stereocenters. The molecule has 300 valence electrons. The zero-order valence-corrected chi connectivity index (χ0v) is 33.3. The molecular weight excluding hydrogens is 737 g/mol. The summed E-state index contributed by atoms with van der Waals surface area (Å²) in [7, 11) is -3.99. The number of carbonyl (C=O) groups is 4. The van der Waals surface area contributed by atoms with E-state index >= 15 is 0 Å². The number of para-hydroxylation sites is 2. The number of carbonyl (C=O) groups excluding carboxylic acids is 4. The largest absolute Gasteiger partial charge is 0.459 e. The molecule has 3 heterocycles. The van der Waals surface area contributed by atoms with Crippen molar-refractivity contribution in [3.05, 3.63) is 72.3 Å². The van der Waals surface area contributed by atoms with E-state index in [9.17, 15) is 27.6 Å². The van der Waals surface area contributed by atoms with E-state index in [0.29, 0.717) is 44.7 Å². The third-order valence-electron chi connectivity index (χ3n) is 11.2. The summed E-state index contributed by atoms with van der Waals surface area (Å²) in [6.45, 7) is 7.26. The summed E-state index contributed by atoms with van der Waals surface area (Å²) in [5.74, 6) is -2.33. The van der Waals surface area contributed by atoms with Crippen LogP contribution in [0.15, 0.2) is 66.7 Å². The Labute approximate surface area is 327 Å². The molecule has 3 fully saturated rings. The van der Waals surface area contributed by atoms with Gasteiger partial charge in [-0.2, -0.15) is 4.98 Å². The highest BCUT2D eigenvalue weighted by Crippen LogP contribution is 2.47. The normalized spacial score (nSPS) is 26.5. The lowest BCUT2D eigenvalue weighted by Crippen LogP contribution is -2.58. The van der Waals surface area contributed by atoms with E-state index in [-0.39, 0.29) is 19.4 Å². The van der Waals surface area contributed by atoms with Crippen molar-refractivity contribution in [3.63, 3.8) is 0 Å². The van der Waals surface area contributed by atoms with Gasteiger partial charge in [0.15, 0.2) is 0 Å². The number of rotatable bonds is 8. The molecule has 2 saturated carbocycles. The second-order valence-electron chi connectivity index (χ2n) is 16.9. The van der Waals surface area contributed by atoms with Crippen LogP contribution in [-0.2, 0) is 35.7 Å². The lowest BCUT2D eigenvalue weighted by molar-refractivity contribution is -0.141. The molecule has 2 aromatic carbocycles. The summed E-state index contributed by atoms with van der Waals surface area (Å²) < 4.78 is 41.7. The molecule has 2 aliphatic carbocycles. The Morgan fingerprint density at radius 1 is 1.02 bits per heavy atom. The van der Waals surface area contributed by atoms with Crippen molar-refractivity contribution in [2.45, 2.75) is 126 Å². The molecule has 3 aromatic rings. The maximum atomic E-state index is 14.6. The number of amides is 4. The third-order valence-corrected chi connectivity index (χ3v) is 13.4. The van der Waals surface area contributed by atoms with Gasteiger partial charge in [-0.25, -0.2) is 13.2 Å². The number of hydrogen-bond acceptors (Lipinski definition) is 9. The van der Waals surface area contributed by atoms with Crippen molar-refractivity contribution in [1.82, 2.24) is 29.8 Å². The average molecular weight is 789 g/mol. The van der Waals surface area contributed by atoms with Crippen LogP contribution in [0.3, 0.4) is 0 Å². The summed E-state index contributed by atoms with van der Waals surface area (Å²) in [5, 5.41) is 5.68. The van der Waals surface area contributed by atoms with Crippen LogP contribution in [0.2, 0.25) is 0 Å². The molecule has 0 radical (unpaired) electrons. The van der Waals surface area contributed by atoms with Crippen molar-refractivity contribution >= 4 is 44.9 Å². The van der Waals surface area contributed by atoms with Crippen LogP contribution in [0.25, 0.3) is 11.0 Å². The summed E-state index contributed by atoms with van der Waals surface area (Å²) in [4.78, 5) is 62.3. The van der Waals surface area contributed by atoms with Gasteiger partial charge in [-0.05, 0) is 83.9 Å². The summed E-state index contributed by atoms with van der Waals surface area (Å²) in [5.41, 5.74) is 0.277. The number of allylic oxidation sites excluding steroid dienone is 1. The predicted molar refractivity (Wildman–Crippen MR) is 209 cm³/mol. The van der Waals surface area contributed by atoms with Crippen molar-refractivity contribution in [1.29, 1.82) is 0 Å². The van der Waals surface area contributed by atoms with Gasteiger partial charge in [0.2, 0.25) is 21.8 Å². The highest BCUT2D eigenvalue weighted by molar-refractivity contribution is 7.91. The first-order valence-electron chi connectivity index (χ1n) is 19.6. The van der Waals surface area contributed by atoms with Crippen LogP contribution in [0, 0.1) is 5.92 Å². The molecule has 5 atom stereocenters. The first-order valence-corrected chi connectivity index (χ1v) is 21.1. The van der Waals surface area contributed by atoms with E-state index in [1.165, 1.54) is 4.90 Å². The lowest BCUT2D eigenvalue weighted by Gasteiger charge is -2.30. The predicted octanol–water partition coefficient (Wildman–Crippen LogP) is 4.72. The minimum Gasteiger partial charge on any atom is -0.459 e. The number of fused-ring (bicyclic) bond motifs is 3. The van der Waals surface area contributed by atoms with Gasteiger partial charge in [0.25, 0.3) is 11.9 Å². The van der Waals surface area contributed by atoms with Crippen molar-refractivity contribution in [2.24, 2.45) is 5.92 Å². The Balaban J connectivity index is 1.20. The van der Waals surface area contributed by atoms with Gasteiger partial charge in [-0.15, -0.1) is 0 Å². The zero-order valence-electron chi connectivity index (χ0n) is 32.5. The maximum absolute atomic E-state index is 14.6. The van der Waals surface area contributed by atoms with E-state index in [0.717, 1.165) is 29.4 Å². The van der Waals surface area contributed by atoms with Gasteiger partial charge in [-0.1, -0.05) is 67.5 Å². The smallest absolute Gasteiger partial charge is 0.408 e. The van der Waals surface area contributed by atoms with E-state index in [2.05, 4.69) is 15.4 Å². The third kappa shape index (κ3) is 8.42. The first kappa shape index (κ1) is 39.3. The molecule has 3 N–H and O–H groups in total. The Morgan fingerprint density at radius 3 is 2.48 bits per heavy atom. The molecule has 14 nitrogen and oxygen atoms in total. The number of benzene rings is 2. The molecule has 7 rings (SSSR count). The van der Waals surface area contributed by atoms with Crippen LogP contribution in [0.5, 0.6) is 6.01 Å². The number of hydrogen-bond donors (Lipinski definition) is 3. The fraction of sp³-hybridized carbons (Fsp3) is 0.537. The Bertz CT molecular complexity index is 2130. The van der Waals surface area contributed by atoms with E-state index in [4.69, 9.17) is 14.5 Å². The second kappa shape index (κ2) is 15.2. The Kier molecular flexibility index (Phi) is 10.7. The van der Waals surface area contributed by atoms with Gasteiger partial charge >= 0.3 is 6.09 Å². The summed E-state index contributed by atoms with van der Waals surface area (Å²) in [6, 6.07) is 15.7. The number of sulfonamides is 1. The van der Waals surface area contributed by atoms with E-state index < -0.39 is 73.8 Å². The Hall–Kier alpha value is -4.92. The highest BCUT2D eigenvalue weighted by atomic mass is 32.2. The minimum atomic E-state index is -3.99. The quantitative estimate of drug-likeness (QED) is 0.273. The maximum Gasteiger partial charge on any atom is 0.408 e. The summed E-state index contributed by atoms with van der Waals surface area (Å²) >= 11 is 0. The molecule has 1 saturated heterocycles.